The van der Waals surface area contributed by atoms with Crippen LogP contribution in [0.3, 0.4) is 0 Å². The molecule has 0 unspecified atom stereocenters. The van der Waals surface area contributed by atoms with Crippen LogP contribution in [0.1, 0.15) is 0 Å². The van der Waals surface area contributed by atoms with E-state index in [0.29, 0.717) is 17.4 Å². The lowest BCUT2D eigenvalue weighted by Gasteiger charge is -2.14. The van der Waals surface area contributed by atoms with Crippen molar-refractivity contribution in [2.45, 2.75) is 0 Å². The number of amides is 1. The predicted octanol–water partition coefficient (Wildman–Crippen LogP) is 0.877. The molecule has 0 saturated heterocycles. The maximum atomic E-state index is 10.8. The monoisotopic (exact) mass is 168 g/mol. The molecule has 0 atom stereocenters. The fourth-order valence-electron chi connectivity index (χ4n) is 1.04. The van der Waals surface area contributed by atoms with Gasteiger partial charge in [-0.3, -0.25) is 4.79 Å². The maximum absolute atomic E-state index is 10.8. The van der Waals surface area contributed by atoms with Gasteiger partial charge in [-0.25, -0.2) is 0 Å². The van der Waals surface area contributed by atoms with Crippen LogP contribution >= 0.6 is 11.6 Å². The molecule has 2 aliphatic heterocycles. The Bertz CT molecular complexity index is 304. The molecule has 4 heteroatoms. The summed E-state index contributed by atoms with van der Waals surface area (Å²) in [6.07, 6.45) is 5.15. The van der Waals surface area contributed by atoms with Crippen molar-refractivity contribution in [2.75, 3.05) is 6.54 Å². The van der Waals surface area contributed by atoms with Crippen LogP contribution in [0.5, 0.6) is 0 Å². The van der Waals surface area contributed by atoms with Gasteiger partial charge in [0.25, 0.3) is 5.91 Å². The number of nitrogens with zero attached hydrogens (tertiary/aromatic N) is 2. The number of amidine groups is 1. The van der Waals surface area contributed by atoms with E-state index in [4.69, 9.17) is 11.6 Å². The zero-order valence-corrected chi connectivity index (χ0v) is 6.38. The summed E-state index contributed by atoms with van der Waals surface area (Å²) in [5, 5.41) is 0.624. The molecule has 0 aromatic carbocycles. The molecule has 0 fully saturated rings. The number of fused-ring (bicyclic) bond motifs is 1. The zero-order valence-electron chi connectivity index (χ0n) is 5.62. The summed E-state index contributed by atoms with van der Waals surface area (Å²) < 4.78 is 0. The number of halogens is 1. The Morgan fingerprint density at radius 3 is 3.18 bits per heavy atom. The lowest BCUT2D eigenvalue weighted by Crippen LogP contribution is -2.22. The van der Waals surface area contributed by atoms with Crippen molar-refractivity contribution in [3.8, 4) is 0 Å². The molecule has 2 heterocycles. The van der Waals surface area contributed by atoms with E-state index in [9.17, 15) is 4.79 Å². The Morgan fingerprint density at radius 2 is 2.36 bits per heavy atom. The smallest absolute Gasteiger partial charge is 0.267 e. The summed E-state index contributed by atoms with van der Waals surface area (Å²) in [5.74, 6) is 0.562. The first-order valence-electron chi connectivity index (χ1n) is 3.19. The molecule has 11 heavy (non-hydrogen) atoms. The summed E-state index contributed by atoms with van der Waals surface area (Å²) in [4.78, 5) is 16.3. The van der Waals surface area contributed by atoms with E-state index < -0.39 is 0 Å². The Kier molecular flexibility index (Phi) is 1.32. The molecule has 3 nitrogen and oxygen atoms in total. The second-order valence-electron chi connectivity index (χ2n) is 2.34. The van der Waals surface area contributed by atoms with Crippen LogP contribution in [-0.4, -0.2) is 23.2 Å². The van der Waals surface area contributed by atoms with E-state index in [1.807, 2.05) is 0 Å². The highest BCUT2D eigenvalue weighted by Crippen LogP contribution is 2.16. The van der Waals surface area contributed by atoms with Crippen molar-refractivity contribution in [1.82, 2.24) is 4.90 Å². The number of carbonyl (C=O) groups excluding carboxylic acids is 1. The molecule has 0 bridgehead atoms. The normalized spacial score (nSPS) is 21.5. The lowest BCUT2D eigenvalue weighted by atomic mass is 10.3. The highest BCUT2D eigenvalue weighted by molar-refractivity contribution is 6.32. The van der Waals surface area contributed by atoms with E-state index in [2.05, 4.69) is 4.99 Å². The molecule has 0 aliphatic carbocycles. The van der Waals surface area contributed by atoms with Crippen molar-refractivity contribution < 1.29 is 4.79 Å². The molecule has 56 valence electrons. The van der Waals surface area contributed by atoms with E-state index in [0.717, 1.165) is 0 Å². The molecule has 0 spiro atoms. The highest BCUT2D eigenvalue weighted by Gasteiger charge is 2.21. The Labute approximate surface area is 68.7 Å². The number of allylic oxidation sites excluding steroid dienone is 2. The van der Waals surface area contributed by atoms with Crippen LogP contribution in [0.4, 0.5) is 0 Å². The van der Waals surface area contributed by atoms with Crippen molar-refractivity contribution in [3.05, 3.63) is 23.4 Å². The summed E-state index contributed by atoms with van der Waals surface area (Å²) in [6.45, 7) is 0.315. The fourth-order valence-corrected chi connectivity index (χ4v) is 1.23. The van der Waals surface area contributed by atoms with Crippen molar-refractivity contribution in [1.29, 1.82) is 0 Å². The number of aliphatic imine (C=N–C) groups is 1. The average molecular weight is 169 g/mol. The minimum atomic E-state index is -0.118. The first kappa shape index (κ1) is 6.61. The summed E-state index contributed by atoms with van der Waals surface area (Å²) >= 11 is 5.70. The third kappa shape index (κ3) is 1.07. The van der Waals surface area contributed by atoms with E-state index in [1.54, 1.807) is 23.3 Å². The highest BCUT2D eigenvalue weighted by atomic mass is 35.5. The topological polar surface area (TPSA) is 32.7 Å². The van der Waals surface area contributed by atoms with Gasteiger partial charge >= 0.3 is 0 Å². The van der Waals surface area contributed by atoms with Crippen LogP contribution in [0.2, 0.25) is 0 Å². The molecular weight excluding hydrogens is 164 g/mol. The number of hydrogen-bond donors (Lipinski definition) is 0. The number of carbonyl (C=O) groups is 1. The van der Waals surface area contributed by atoms with Crippen LogP contribution < -0.4 is 0 Å². The molecule has 0 N–H and O–H groups in total. The van der Waals surface area contributed by atoms with E-state index in [1.165, 1.54) is 0 Å². The minimum absolute atomic E-state index is 0.118. The molecule has 0 saturated carbocycles. The van der Waals surface area contributed by atoms with Crippen LogP contribution in [0, 0.1) is 0 Å². The molecule has 2 aliphatic rings. The first-order valence-corrected chi connectivity index (χ1v) is 3.57. The Morgan fingerprint density at radius 1 is 1.55 bits per heavy atom. The lowest BCUT2D eigenvalue weighted by molar-refractivity contribution is -0.116. The SMILES string of the molecule is O=C1CN2C=C(Cl)C=CC2=N1. The van der Waals surface area contributed by atoms with Gasteiger partial charge in [0.05, 0.1) is 5.03 Å². The molecular formula is C7H5ClN2O. The van der Waals surface area contributed by atoms with Gasteiger partial charge in [-0.1, -0.05) is 11.6 Å². The van der Waals surface area contributed by atoms with Gasteiger partial charge in [0, 0.05) is 6.20 Å². The first-order chi connectivity index (χ1) is 5.25. The summed E-state index contributed by atoms with van der Waals surface area (Å²) in [6, 6.07) is 0. The van der Waals surface area contributed by atoms with Gasteiger partial charge in [-0.15, -0.1) is 0 Å². The minimum Gasteiger partial charge on any atom is -0.322 e. The fraction of sp³-hybridized carbons (Fsp3) is 0.143. The largest absolute Gasteiger partial charge is 0.322 e. The van der Waals surface area contributed by atoms with Crippen LogP contribution in [0.15, 0.2) is 28.4 Å². The maximum Gasteiger partial charge on any atom is 0.267 e. The van der Waals surface area contributed by atoms with Crippen molar-refractivity contribution >= 4 is 23.3 Å². The molecule has 0 aromatic rings. The van der Waals surface area contributed by atoms with E-state index >= 15 is 0 Å². The van der Waals surface area contributed by atoms with Gasteiger partial charge in [-0.05, 0) is 12.2 Å². The number of rotatable bonds is 0. The molecule has 0 radical (unpaired) electrons. The third-order valence-corrected chi connectivity index (χ3v) is 1.73. The molecule has 1 amide bonds. The van der Waals surface area contributed by atoms with Gasteiger partial charge in [0.1, 0.15) is 12.4 Å². The Hall–Kier alpha value is -1.09. The Balaban J connectivity index is 2.36. The summed E-state index contributed by atoms with van der Waals surface area (Å²) in [5.41, 5.74) is 0. The third-order valence-electron chi connectivity index (χ3n) is 1.51. The standard InChI is InChI=1S/C7H5ClN2O/c8-5-1-2-6-9-7(11)4-10(6)3-5/h1-3H,4H2. The van der Waals surface area contributed by atoms with Crippen LogP contribution in [0.25, 0.3) is 0 Å². The second-order valence-corrected chi connectivity index (χ2v) is 2.78. The predicted molar refractivity (Wildman–Crippen MR) is 42.2 cm³/mol. The van der Waals surface area contributed by atoms with Gasteiger partial charge < -0.3 is 4.90 Å². The number of hydrogen-bond acceptors (Lipinski definition) is 2. The summed E-state index contributed by atoms with van der Waals surface area (Å²) in [7, 11) is 0. The zero-order chi connectivity index (χ0) is 7.84. The van der Waals surface area contributed by atoms with E-state index in [-0.39, 0.29) is 5.91 Å². The molecule has 2 rings (SSSR count). The van der Waals surface area contributed by atoms with Crippen LogP contribution in [-0.2, 0) is 4.79 Å². The van der Waals surface area contributed by atoms with Gasteiger partial charge in [-0.2, -0.15) is 4.99 Å². The second kappa shape index (κ2) is 2.20. The average Bonchev–Trinajstić information content (AvgIpc) is 2.27. The van der Waals surface area contributed by atoms with Gasteiger partial charge in [0.2, 0.25) is 0 Å². The molecule has 0 aromatic heterocycles. The quantitative estimate of drug-likeness (QED) is 0.538. The van der Waals surface area contributed by atoms with Crippen molar-refractivity contribution in [3.63, 3.8) is 0 Å². The van der Waals surface area contributed by atoms with Crippen molar-refractivity contribution in [2.24, 2.45) is 4.99 Å². The van der Waals surface area contributed by atoms with Gasteiger partial charge in [0.15, 0.2) is 0 Å².